The van der Waals surface area contributed by atoms with Gasteiger partial charge in [0.25, 0.3) is 0 Å². The lowest BCUT2D eigenvalue weighted by Gasteiger charge is -2.16. The van der Waals surface area contributed by atoms with Gasteiger partial charge in [-0.1, -0.05) is 13.3 Å². The van der Waals surface area contributed by atoms with Gasteiger partial charge in [-0.05, 0) is 19.6 Å². The van der Waals surface area contributed by atoms with E-state index in [1.807, 2.05) is 13.1 Å². The van der Waals surface area contributed by atoms with Crippen LogP contribution in [0.4, 0.5) is 0 Å². The maximum absolute atomic E-state index is 5.23. The lowest BCUT2D eigenvalue weighted by molar-refractivity contribution is 0.264. The van der Waals surface area contributed by atoms with E-state index in [-0.39, 0.29) is 5.67 Å². The molecular formula is C8H18NO2Si. The molecule has 0 bridgehead atoms. The lowest BCUT2D eigenvalue weighted by Crippen LogP contribution is -2.34. The second-order valence-corrected chi connectivity index (χ2v) is 4.56. The van der Waals surface area contributed by atoms with Crippen molar-refractivity contribution in [2.75, 3.05) is 14.2 Å². The molecule has 0 saturated carbocycles. The molecule has 1 atom stereocenters. The van der Waals surface area contributed by atoms with Gasteiger partial charge in [0.1, 0.15) is 0 Å². The van der Waals surface area contributed by atoms with Crippen LogP contribution in [0.25, 0.3) is 0 Å². The van der Waals surface area contributed by atoms with Crippen LogP contribution in [0.1, 0.15) is 26.7 Å². The molecule has 71 valence electrons. The first-order valence-corrected chi connectivity index (χ1v) is 5.62. The summed E-state index contributed by atoms with van der Waals surface area (Å²) in [6, 6.07) is 0. The summed E-state index contributed by atoms with van der Waals surface area (Å²) < 4.78 is 10.5. The standard InChI is InChI=1S/C8H18NO2Si/c1-5-7-8(9-6-2)12(10-3)11-4/h6,8H,5,7H2,1-4H3. The van der Waals surface area contributed by atoms with Gasteiger partial charge in [0.15, 0.2) is 0 Å². The van der Waals surface area contributed by atoms with E-state index in [4.69, 9.17) is 8.85 Å². The summed E-state index contributed by atoms with van der Waals surface area (Å²) in [6.07, 6.45) is 3.98. The van der Waals surface area contributed by atoms with Crippen molar-refractivity contribution in [3.05, 3.63) is 0 Å². The maximum atomic E-state index is 5.23. The summed E-state index contributed by atoms with van der Waals surface area (Å²) in [6.45, 7) is 4.07. The van der Waals surface area contributed by atoms with E-state index >= 15 is 0 Å². The van der Waals surface area contributed by atoms with Gasteiger partial charge in [0.2, 0.25) is 0 Å². The van der Waals surface area contributed by atoms with Crippen LogP contribution in [0.5, 0.6) is 0 Å². The van der Waals surface area contributed by atoms with Crippen molar-refractivity contribution in [1.29, 1.82) is 0 Å². The molecule has 0 amide bonds. The third kappa shape index (κ3) is 3.99. The van der Waals surface area contributed by atoms with Gasteiger partial charge >= 0.3 is 9.28 Å². The highest BCUT2D eigenvalue weighted by molar-refractivity contribution is 6.46. The molecule has 0 aliphatic carbocycles. The molecule has 0 aromatic heterocycles. The molecule has 0 saturated heterocycles. The van der Waals surface area contributed by atoms with E-state index in [0.717, 1.165) is 12.8 Å². The normalized spacial score (nSPS) is 14.4. The molecule has 0 aromatic carbocycles. The minimum Gasteiger partial charge on any atom is -0.395 e. The Morgan fingerprint density at radius 1 is 1.42 bits per heavy atom. The largest absolute Gasteiger partial charge is 0.411 e. The summed E-state index contributed by atoms with van der Waals surface area (Å²) in [5, 5.41) is 0. The SMILES string of the molecule is CC=NC(CCC)[Si](OC)OC. The fraction of sp³-hybridized carbons (Fsp3) is 0.875. The molecular weight excluding hydrogens is 170 g/mol. The first-order valence-electron chi connectivity index (χ1n) is 4.22. The van der Waals surface area contributed by atoms with Crippen LogP contribution in [0.3, 0.4) is 0 Å². The Balaban J connectivity index is 4.04. The maximum Gasteiger partial charge on any atom is 0.411 e. The van der Waals surface area contributed by atoms with E-state index in [1.54, 1.807) is 14.2 Å². The number of aliphatic imine (C=N–C) groups is 1. The number of rotatable bonds is 6. The fourth-order valence-electron chi connectivity index (χ4n) is 1.06. The molecule has 0 N–H and O–H groups in total. The van der Waals surface area contributed by atoms with E-state index in [2.05, 4.69) is 11.9 Å². The van der Waals surface area contributed by atoms with Gasteiger partial charge in [0.05, 0.1) is 5.67 Å². The molecule has 0 aromatic rings. The van der Waals surface area contributed by atoms with Crippen LogP contribution < -0.4 is 0 Å². The molecule has 0 spiro atoms. The predicted octanol–water partition coefficient (Wildman–Crippen LogP) is 1.57. The first-order chi connectivity index (χ1) is 5.79. The minimum atomic E-state index is -1.18. The predicted molar refractivity (Wildman–Crippen MR) is 52.6 cm³/mol. The fourth-order valence-corrected chi connectivity index (χ4v) is 2.57. The van der Waals surface area contributed by atoms with Gasteiger partial charge in [-0.15, -0.1) is 0 Å². The Morgan fingerprint density at radius 2 is 2.00 bits per heavy atom. The molecule has 1 radical (unpaired) electrons. The Hall–Kier alpha value is -0.193. The molecule has 0 aliphatic rings. The highest BCUT2D eigenvalue weighted by Gasteiger charge is 2.24. The molecule has 1 unspecified atom stereocenters. The van der Waals surface area contributed by atoms with Crippen LogP contribution in [-0.4, -0.2) is 35.4 Å². The van der Waals surface area contributed by atoms with Gasteiger partial charge < -0.3 is 8.85 Å². The Labute approximate surface area is 76.6 Å². The van der Waals surface area contributed by atoms with Crippen LogP contribution in [-0.2, 0) is 8.85 Å². The van der Waals surface area contributed by atoms with Crippen molar-refractivity contribution in [3.63, 3.8) is 0 Å². The summed E-state index contributed by atoms with van der Waals surface area (Å²) in [5.41, 5.74) is 0.236. The zero-order valence-electron chi connectivity index (χ0n) is 8.33. The summed E-state index contributed by atoms with van der Waals surface area (Å²) >= 11 is 0. The molecule has 4 heteroatoms. The highest BCUT2D eigenvalue weighted by Crippen LogP contribution is 2.06. The Morgan fingerprint density at radius 3 is 2.33 bits per heavy atom. The zero-order valence-corrected chi connectivity index (χ0v) is 9.33. The average Bonchev–Trinajstić information content (AvgIpc) is 2.07. The monoisotopic (exact) mass is 188 g/mol. The minimum absolute atomic E-state index is 0.236. The molecule has 3 nitrogen and oxygen atoms in total. The number of hydrogen-bond donors (Lipinski definition) is 0. The van der Waals surface area contributed by atoms with Crippen molar-refractivity contribution >= 4 is 15.5 Å². The van der Waals surface area contributed by atoms with Crippen molar-refractivity contribution in [2.45, 2.75) is 32.4 Å². The summed E-state index contributed by atoms with van der Waals surface area (Å²) in [4.78, 5) is 4.33. The molecule has 0 fully saturated rings. The topological polar surface area (TPSA) is 30.8 Å². The number of hydrogen-bond acceptors (Lipinski definition) is 3. The van der Waals surface area contributed by atoms with Gasteiger partial charge in [-0.3, -0.25) is 4.99 Å². The van der Waals surface area contributed by atoms with Crippen LogP contribution in [0, 0.1) is 0 Å². The number of nitrogens with zero attached hydrogens (tertiary/aromatic N) is 1. The Bertz CT molecular complexity index is 126. The van der Waals surface area contributed by atoms with Crippen molar-refractivity contribution in [3.8, 4) is 0 Å². The van der Waals surface area contributed by atoms with Crippen LogP contribution in [0.2, 0.25) is 0 Å². The summed E-state index contributed by atoms with van der Waals surface area (Å²) in [7, 11) is 2.19. The lowest BCUT2D eigenvalue weighted by atomic mass is 10.3. The third-order valence-corrected chi connectivity index (χ3v) is 3.35. The van der Waals surface area contributed by atoms with Crippen LogP contribution >= 0.6 is 0 Å². The quantitative estimate of drug-likeness (QED) is 0.468. The van der Waals surface area contributed by atoms with Crippen molar-refractivity contribution in [1.82, 2.24) is 0 Å². The van der Waals surface area contributed by atoms with Crippen LogP contribution in [0.15, 0.2) is 4.99 Å². The average molecular weight is 188 g/mol. The summed E-state index contributed by atoms with van der Waals surface area (Å²) in [5.74, 6) is 0. The molecule has 12 heavy (non-hydrogen) atoms. The first kappa shape index (κ1) is 11.8. The molecule has 0 heterocycles. The zero-order chi connectivity index (χ0) is 9.40. The van der Waals surface area contributed by atoms with Crippen molar-refractivity contribution in [2.24, 2.45) is 4.99 Å². The molecule has 0 aliphatic heterocycles. The highest BCUT2D eigenvalue weighted by atomic mass is 28.3. The second kappa shape index (κ2) is 7.46. The van der Waals surface area contributed by atoms with E-state index < -0.39 is 9.28 Å². The van der Waals surface area contributed by atoms with E-state index in [0.29, 0.717) is 0 Å². The Kier molecular flexibility index (Phi) is 7.34. The van der Waals surface area contributed by atoms with Gasteiger partial charge in [0, 0.05) is 14.2 Å². The smallest absolute Gasteiger partial charge is 0.395 e. The van der Waals surface area contributed by atoms with E-state index in [1.165, 1.54) is 0 Å². The third-order valence-electron chi connectivity index (χ3n) is 1.57. The van der Waals surface area contributed by atoms with Crippen molar-refractivity contribution < 1.29 is 8.85 Å². The van der Waals surface area contributed by atoms with Gasteiger partial charge in [-0.25, -0.2) is 0 Å². The van der Waals surface area contributed by atoms with E-state index in [9.17, 15) is 0 Å². The second-order valence-electron chi connectivity index (χ2n) is 2.44. The molecule has 0 rings (SSSR count). The van der Waals surface area contributed by atoms with Gasteiger partial charge in [-0.2, -0.15) is 0 Å².